The van der Waals surface area contributed by atoms with Crippen LogP contribution in [-0.2, 0) is 23.1 Å². The van der Waals surface area contributed by atoms with E-state index in [1.807, 2.05) is 42.5 Å². The van der Waals surface area contributed by atoms with Crippen LogP contribution in [0.25, 0.3) is 11.4 Å². The van der Waals surface area contributed by atoms with Crippen LogP contribution in [0, 0.1) is 0 Å². The summed E-state index contributed by atoms with van der Waals surface area (Å²) in [6.07, 6.45) is 1.01. The number of carbonyl (C=O) groups is 2. The van der Waals surface area contributed by atoms with E-state index in [0.29, 0.717) is 18.1 Å². The topological polar surface area (TPSA) is 93.0 Å². The first-order valence-electron chi connectivity index (χ1n) is 9.50. The monoisotopic (exact) mass is 390 g/mol. The Bertz CT molecular complexity index is 1060. The summed E-state index contributed by atoms with van der Waals surface area (Å²) in [5.74, 6) is 0.449. The molecule has 4 rings (SSSR count). The lowest BCUT2D eigenvalue weighted by atomic mass is 9.90. The Morgan fingerprint density at radius 3 is 2.76 bits per heavy atom. The largest absolute Gasteiger partial charge is 0.335 e. The van der Waals surface area contributed by atoms with Crippen molar-refractivity contribution >= 4 is 17.5 Å². The van der Waals surface area contributed by atoms with Gasteiger partial charge in [0.15, 0.2) is 5.82 Å². The van der Waals surface area contributed by atoms with Gasteiger partial charge in [0, 0.05) is 31.8 Å². The quantitative estimate of drug-likeness (QED) is 0.738. The number of hydrogen-bond donors (Lipinski definition) is 1. The average Bonchev–Trinajstić information content (AvgIpc) is 3.14. The third-order valence-electron chi connectivity index (χ3n) is 5.22. The molecule has 2 aromatic carbocycles. The van der Waals surface area contributed by atoms with Crippen molar-refractivity contribution in [3.8, 4) is 11.4 Å². The molecule has 29 heavy (non-hydrogen) atoms. The molecular formula is C21H22N6O2. The SMILES string of the molecule is CC(=O)N1CCc2ccccc2C1CC(=O)Nc1cccc(-c2nnnn2C)c1. The average molecular weight is 390 g/mol. The Hall–Kier alpha value is -3.55. The lowest BCUT2D eigenvalue weighted by Crippen LogP contribution is -2.40. The summed E-state index contributed by atoms with van der Waals surface area (Å²) in [5.41, 5.74) is 3.71. The number of benzene rings is 2. The van der Waals surface area contributed by atoms with Crippen molar-refractivity contribution in [1.82, 2.24) is 25.1 Å². The van der Waals surface area contributed by atoms with Crippen molar-refractivity contribution in [2.24, 2.45) is 7.05 Å². The molecule has 3 aromatic rings. The van der Waals surface area contributed by atoms with Gasteiger partial charge in [0.25, 0.3) is 0 Å². The molecule has 1 aliphatic rings. The van der Waals surface area contributed by atoms with Gasteiger partial charge in [0.05, 0.1) is 12.5 Å². The smallest absolute Gasteiger partial charge is 0.226 e. The minimum Gasteiger partial charge on any atom is -0.335 e. The molecule has 0 spiro atoms. The van der Waals surface area contributed by atoms with Gasteiger partial charge in [-0.3, -0.25) is 9.59 Å². The number of fused-ring (bicyclic) bond motifs is 1. The second-order valence-electron chi connectivity index (χ2n) is 7.14. The van der Waals surface area contributed by atoms with E-state index in [1.54, 1.807) is 23.6 Å². The van der Waals surface area contributed by atoms with Crippen molar-refractivity contribution < 1.29 is 9.59 Å². The summed E-state index contributed by atoms with van der Waals surface area (Å²) in [5, 5.41) is 14.4. The van der Waals surface area contributed by atoms with Crippen molar-refractivity contribution in [1.29, 1.82) is 0 Å². The van der Waals surface area contributed by atoms with Crippen LogP contribution in [0.3, 0.4) is 0 Å². The standard InChI is InChI=1S/C21H22N6O2/c1-14(28)27-11-10-15-6-3-4-9-18(15)19(27)13-20(29)22-17-8-5-7-16(12-17)21-23-24-25-26(21)2/h3-9,12,19H,10-11,13H2,1-2H3,(H,22,29). The molecule has 8 heteroatoms. The molecule has 1 aliphatic heterocycles. The van der Waals surface area contributed by atoms with Crippen LogP contribution in [0.2, 0.25) is 0 Å². The highest BCUT2D eigenvalue weighted by Crippen LogP contribution is 2.32. The van der Waals surface area contributed by atoms with Gasteiger partial charge in [-0.15, -0.1) is 5.10 Å². The summed E-state index contributed by atoms with van der Waals surface area (Å²) in [4.78, 5) is 26.7. The normalized spacial score (nSPS) is 15.7. The fraction of sp³-hybridized carbons (Fsp3) is 0.286. The molecule has 0 radical (unpaired) electrons. The number of tetrazole rings is 1. The molecule has 0 bridgehead atoms. The zero-order valence-corrected chi connectivity index (χ0v) is 16.4. The second kappa shape index (κ2) is 7.83. The number of aromatic nitrogens is 4. The van der Waals surface area contributed by atoms with Gasteiger partial charge < -0.3 is 10.2 Å². The molecule has 0 fully saturated rings. The maximum atomic E-state index is 12.8. The molecule has 2 amide bonds. The summed E-state index contributed by atoms with van der Waals surface area (Å²) in [7, 11) is 1.76. The molecule has 1 N–H and O–H groups in total. The molecule has 0 saturated heterocycles. The van der Waals surface area contributed by atoms with Crippen LogP contribution in [0.1, 0.15) is 30.5 Å². The van der Waals surface area contributed by atoms with Gasteiger partial charge >= 0.3 is 0 Å². The van der Waals surface area contributed by atoms with Crippen LogP contribution < -0.4 is 5.32 Å². The first-order chi connectivity index (χ1) is 14.0. The third kappa shape index (κ3) is 3.87. The number of aryl methyl sites for hydroxylation is 1. The molecular weight excluding hydrogens is 368 g/mol. The van der Waals surface area contributed by atoms with E-state index >= 15 is 0 Å². The number of carbonyl (C=O) groups excluding carboxylic acids is 2. The van der Waals surface area contributed by atoms with E-state index in [0.717, 1.165) is 17.5 Å². The Morgan fingerprint density at radius 2 is 2.00 bits per heavy atom. The molecule has 1 atom stereocenters. The zero-order valence-electron chi connectivity index (χ0n) is 16.4. The van der Waals surface area contributed by atoms with Crippen molar-refractivity contribution in [3.05, 3.63) is 59.7 Å². The number of nitrogens with zero attached hydrogens (tertiary/aromatic N) is 5. The van der Waals surface area contributed by atoms with Crippen molar-refractivity contribution in [2.45, 2.75) is 25.8 Å². The first kappa shape index (κ1) is 18.8. The van der Waals surface area contributed by atoms with Crippen LogP contribution in [-0.4, -0.2) is 43.5 Å². The molecule has 0 saturated carbocycles. The highest BCUT2D eigenvalue weighted by molar-refractivity contribution is 5.92. The van der Waals surface area contributed by atoms with Crippen LogP contribution in [0.4, 0.5) is 5.69 Å². The third-order valence-corrected chi connectivity index (χ3v) is 5.22. The van der Waals surface area contributed by atoms with E-state index in [1.165, 1.54) is 5.56 Å². The van der Waals surface area contributed by atoms with Gasteiger partial charge in [-0.1, -0.05) is 36.4 Å². The molecule has 1 aromatic heterocycles. The first-order valence-corrected chi connectivity index (χ1v) is 9.50. The Labute approximate surface area is 168 Å². The molecule has 148 valence electrons. The lowest BCUT2D eigenvalue weighted by molar-refractivity contribution is -0.132. The van der Waals surface area contributed by atoms with E-state index in [9.17, 15) is 9.59 Å². The molecule has 0 aliphatic carbocycles. The minimum absolute atomic E-state index is 0.0194. The van der Waals surface area contributed by atoms with Gasteiger partial charge in [0.2, 0.25) is 11.8 Å². The lowest BCUT2D eigenvalue weighted by Gasteiger charge is -2.36. The molecule has 8 nitrogen and oxygen atoms in total. The Kier molecular flexibility index (Phi) is 5.07. The predicted octanol–water partition coefficient (Wildman–Crippen LogP) is 2.35. The summed E-state index contributed by atoms with van der Waals surface area (Å²) in [6.45, 7) is 2.18. The van der Waals surface area contributed by atoms with E-state index in [4.69, 9.17) is 0 Å². The summed E-state index contributed by atoms with van der Waals surface area (Å²) < 4.78 is 1.57. The molecule has 1 unspecified atom stereocenters. The number of amides is 2. The minimum atomic E-state index is -0.261. The molecule has 2 heterocycles. The van der Waals surface area contributed by atoms with Crippen LogP contribution in [0.5, 0.6) is 0 Å². The van der Waals surface area contributed by atoms with E-state index in [2.05, 4.69) is 26.9 Å². The van der Waals surface area contributed by atoms with E-state index < -0.39 is 0 Å². The van der Waals surface area contributed by atoms with E-state index in [-0.39, 0.29) is 24.3 Å². The highest BCUT2D eigenvalue weighted by Gasteiger charge is 2.30. The van der Waals surface area contributed by atoms with Gasteiger partial charge in [-0.25, -0.2) is 4.68 Å². The number of anilines is 1. The van der Waals surface area contributed by atoms with Gasteiger partial charge in [0.1, 0.15) is 0 Å². The summed E-state index contributed by atoms with van der Waals surface area (Å²) in [6, 6.07) is 15.1. The number of hydrogen-bond acceptors (Lipinski definition) is 5. The Balaban J connectivity index is 1.53. The number of rotatable bonds is 4. The van der Waals surface area contributed by atoms with Crippen molar-refractivity contribution in [3.63, 3.8) is 0 Å². The maximum absolute atomic E-state index is 12.8. The number of nitrogens with one attached hydrogen (secondary N) is 1. The second-order valence-corrected chi connectivity index (χ2v) is 7.14. The summed E-state index contributed by atoms with van der Waals surface area (Å²) >= 11 is 0. The van der Waals surface area contributed by atoms with Gasteiger partial charge in [-0.2, -0.15) is 0 Å². The fourth-order valence-electron chi connectivity index (χ4n) is 3.85. The van der Waals surface area contributed by atoms with Crippen molar-refractivity contribution in [2.75, 3.05) is 11.9 Å². The maximum Gasteiger partial charge on any atom is 0.226 e. The Morgan fingerprint density at radius 1 is 1.17 bits per heavy atom. The van der Waals surface area contributed by atoms with Gasteiger partial charge in [-0.05, 0) is 40.1 Å². The predicted molar refractivity (Wildman–Crippen MR) is 108 cm³/mol. The fourth-order valence-corrected chi connectivity index (χ4v) is 3.85. The zero-order chi connectivity index (χ0) is 20.4. The highest BCUT2D eigenvalue weighted by atomic mass is 16.2. The van der Waals surface area contributed by atoms with Crippen LogP contribution >= 0.6 is 0 Å². The van der Waals surface area contributed by atoms with Crippen LogP contribution in [0.15, 0.2) is 48.5 Å².